The SMILES string of the molecule is COC(=O)c1nc(Cl)ccc1NC(C)c1cc(C)cc2c(=O)n(C)c(N3CC4CC4C3)nc12. The second-order valence-corrected chi connectivity index (χ2v) is 9.46. The summed E-state index contributed by atoms with van der Waals surface area (Å²) in [7, 11) is 3.09. The Bertz CT molecular complexity index is 1330. The number of hydrogen-bond donors (Lipinski definition) is 1. The van der Waals surface area contributed by atoms with Crippen LogP contribution in [0, 0.1) is 18.8 Å². The van der Waals surface area contributed by atoms with Gasteiger partial charge in [0, 0.05) is 25.7 Å². The molecule has 172 valence electrons. The topological polar surface area (TPSA) is 89.3 Å². The second-order valence-electron chi connectivity index (χ2n) is 9.07. The van der Waals surface area contributed by atoms with Crippen molar-refractivity contribution < 1.29 is 9.53 Å². The van der Waals surface area contributed by atoms with Crippen LogP contribution in [0.5, 0.6) is 0 Å². The number of fused-ring (bicyclic) bond motifs is 2. The number of nitrogens with one attached hydrogen (secondary N) is 1. The fourth-order valence-electron chi connectivity index (χ4n) is 4.83. The van der Waals surface area contributed by atoms with Gasteiger partial charge in [0.25, 0.3) is 5.56 Å². The standard InChI is InChI=1S/C24H26ClN5O3/c1-12-7-16(13(2)26-18-5-6-19(25)27-21(18)23(32)33-4)20-17(8-12)22(31)29(3)24(28-20)30-10-14-9-15(14)11-30/h5-8,13-15,26H,9-11H2,1-4H3. The van der Waals surface area contributed by atoms with Gasteiger partial charge in [-0.25, -0.2) is 14.8 Å². The van der Waals surface area contributed by atoms with Gasteiger partial charge < -0.3 is 15.0 Å². The van der Waals surface area contributed by atoms with E-state index in [4.69, 9.17) is 21.3 Å². The van der Waals surface area contributed by atoms with E-state index in [1.54, 1.807) is 23.7 Å². The highest BCUT2D eigenvalue weighted by Crippen LogP contribution is 2.46. The smallest absolute Gasteiger partial charge is 0.358 e. The Morgan fingerprint density at radius 2 is 1.97 bits per heavy atom. The van der Waals surface area contributed by atoms with Gasteiger partial charge in [-0.15, -0.1) is 0 Å². The van der Waals surface area contributed by atoms with Gasteiger partial charge >= 0.3 is 5.97 Å². The van der Waals surface area contributed by atoms with Gasteiger partial charge in [-0.05, 0) is 55.9 Å². The summed E-state index contributed by atoms with van der Waals surface area (Å²) in [5, 5.41) is 4.12. The Morgan fingerprint density at radius 1 is 1.24 bits per heavy atom. The molecule has 0 radical (unpaired) electrons. The van der Waals surface area contributed by atoms with Gasteiger partial charge in [0.1, 0.15) is 5.15 Å². The number of aryl methyl sites for hydroxylation is 1. The number of pyridine rings is 1. The molecule has 3 unspecified atom stereocenters. The summed E-state index contributed by atoms with van der Waals surface area (Å²) < 4.78 is 6.52. The zero-order valence-electron chi connectivity index (χ0n) is 19.1. The fourth-order valence-corrected chi connectivity index (χ4v) is 4.98. The van der Waals surface area contributed by atoms with Gasteiger partial charge in [0.2, 0.25) is 5.95 Å². The molecular formula is C24H26ClN5O3. The average molecular weight is 468 g/mol. The molecule has 9 heteroatoms. The average Bonchev–Trinajstić information content (AvgIpc) is 3.41. The molecule has 2 aliphatic rings. The van der Waals surface area contributed by atoms with E-state index in [9.17, 15) is 9.59 Å². The maximum absolute atomic E-state index is 13.3. The van der Waals surface area contributed by atoms with E-state index < -0.39 is 5.97 Å². The van der Waals surface area contributed by atoms with Crippen molar-refractivity contribution in [2.45, 2.75) is 26.3 Å². The molecule has 3 heterocycles. The molecule has 3 atom stereocenters. The van der Waals surface area contributed by atoms with Crippen molar-refractivity contribution in [3.05, 3.63) is 56.6 Å². The van der Waals surface area contributed by atoms with Crippen LogP contribution in [0.15, 0.2) is 29.1 Å². The molecule has 1 N–H and O–H groups in total. The normalized spacial score (nSPS) is 20.0. The number of carbonyl (C=O) groups excluding carboxylic acids is 1. The first-order valence-corrected chi connectivity index (χ1v) is 11.4. The monoisotopic (exact) mass is 467 g/mol. The molecule has 3 aromatic rings. The van der Waals surface area contributed by atoms with Crippen molar-refractivity contribution >= 4 is 40.1 Å². The fraction of sp³-hybridized carbons (Fsp3) is 0.417. The number of aromatic nitrogens is 3. The van der Waals surface area contributed by atoms with Crippen LogP contribution >= 0.6 is 11.6 Å². The Hall–Kier alpha value is -3.13. The van der Waals surface area contributed by atoms with Gasteiger partial charge in [0.15, 0.2) is 5.69 Å². The Labute approximate surface area is 196 Å². The third kappa shape index (κ3) is 3.82. The van der Waals surface area contributed by atoms with E-state index in [2.05, 4.69) is 15.2 Å². The number of benzene rings is 1. The lowest BCUT2D eigenvalue weighted by atomic mass is 10.0. The van der Waals surface area contributed by atoms with Crippen LogP contribution in [0.1, 0.15) is 41.0 Å². The number of halogens is 1. The first-order chi connectivity index (χ1) is 15.8. The molecule has 5 rings (SSSR count). The van der Waals surface area contributed by atoms with E-state index in [-0.39, 0.29) is 22.4 Å². The summed E-state index contributed by atoms with van der Waals surface area (Å²) in [6, 6.07) is 6.96. The third-order valence-corrected chi connectivity index (χ3v) is 6.88. The minimum atomic E-state index is -0.580. The Balaban J connectivity index is 1.58. The predicted octanol–water partition coefficient (Wildman–Crippen LogP) is 3.71. The quantitative estimate of drug-likeness (QED) is 0.452. The summed E-state index contributed by atoms with van der Waals surface area (Å²) in [6.45, 7) is 5.82. The molecule has 0 bridgehead atoms. The molecule has 2 fully saturated rings. The minimum absolute atomic E-state index is 0.0591. The first kappa shape index (κ1) is 21.7. The summed E-state index contributed by atoms with van der Waals surface area (Å²) in [5.74, 6) is 1.58. The lowest BCUT2D eigenvalue weighted by molar-refractivity contribution is 0.0595. The molecule has 33 heavy (non-hydrogen) atoms. The largest absolute Gasteiger partial charge is 0.464 e. The Morgan fingerprint density at radius 3 is 2.67 bits per heavy atom. The van der Waals surface area contributed by atoms with Crippen molar-refractivity contribution in [3.8, 4) is 0 Å². The number of esters is 1. The molecule has 0 spiro atoms. The molecule has 1 saturated carbocycles. The van der Waals surface area contributed by atoms with E-state index in [0.717, 1.165) is 36.1 Å². The number of piperidine rings is 1. The highest BCUT2D eigenvalue weighted by Gasteiger charge is 2.46. The molecule has 1 saturated heterocycles. The minimum Gasteiger partial charge on any atom is -0.464 e. The second kappa shape index (κ2) is 8.02. The van der Waals surface area contributed by atoms with Crippen LogP contribution in [0.25, 0.3) is 10.9 Å². The summed E-state index contributed by atoms with van der Waals surface area (Å²) in [5.41, 5.74) is 3.05. The van der Waals surface area contributed by atoms with E-state index >= 15 is 0 Å². The summed E-state index contributed by atoms with van der Waals surface area (Å²) in [4.78, 5) is 36.9. The van der Waals surface area contributed by atoms with E-state index in [0.29, 0.717) is 22.5 Å². The lowest BCUT2D eigenvalue weighted by Crippen LogP contribution is -2.31. The number of ether oxygens (including phenoxy) is 1. The van der Waals surface area contributed by atoms with Gasteiger partial charge in [-0.3, -0.25) is 9.36 Å². The van der Waals surface area contributed by atoms with Crippen LogP contribution in [0.2, 0.25) is 5.15 Å². The lowest BCUT2D eigenvalue weighted by Gasteiger charge is -2.24. The predicted molar refractivity (Wildman–Crippen MR) is 128 cm³/mol. The van der Waals surface area contributed by atoms with Crippen molar-refractivity contribution in [1.82, 2.24) is 14.5 Å². The molecule has 1 aliphatic heterocycles. The molecule has 1 aliphatic carbocycles. The van der Waals surface area contributed by atoms with Crippen LogP contribution in [-0.2, 0) is 11.8 Å². The van der Waals surface area contributed by atoms with Gasteiger partial charge in [-0.1, -0.05) is 17.7 Å². The number of nitrogens with zero attached hydrogens (tertiary/aromatic N) is 4. The third-order valence-electron chi connectivity index (χ3n) is 6.67. The van der Waals surface area contributed by atoms with E-state index in [1.807, 2.05) is 26.0 Å². The molecule has 8 nitrogen and oxygen atoms in total. The van der Waals surface area contributed by atoms with Crippen molar-refractivity contribution in [1.29, 1.82) is 0 Å². The first-order valence-electron chi connectivity index (χ1n) is 11.0. The van der Waals surface area contributed by atoms with Crippen LogP contribution < -0.4 is 15.8 Å². The highest BCUT2D eigenvalue weighted by atomic mass is 35.5. The highest BCUT2D eigenvalue weighted by molar-refractivity contribution is 6.29. The molecule has 1 aromatic carbocycles. The maximum atomic E-state index is 13.3. The van der Waals surface area contributed by atoms with E-state index in [1.165, 1.54) is 13.5 Å². The summed E-state index contributed by atoms with van der Waals surface area (Å²) in [6.07, 6.45) is 1.28. The maximum Gasteiger partial charge on any atom is 0.358 e. The molecule has 0 amide bonds. The summed E-state index contributed by atoms with van der Waals surface area (Å²) >= 11 is 6.00. The van der Waals surface area contributed by atoms with Crippen molar-refractivity contribution in [2.75, 3.05) is 30.4 Å². The van der Waals surface area contributed by atoms with Crippen molar-refractivity contribution in [2.24, 2.45) is 18.9 Å². The number of hydrogen-bond acceptors (Lipinski definition) is 7. The molecule has 2 aromatic heterocycles. The Kier molecular flexibility index (Phi) is 5.28. The van der Waals surface area contributed by atoms with Crippen molar-refractivity contribution in [3.63, 3.8) is 0 Å². The molecular weight excluding hydrogens is 442 g/mol. The zero-order chi connectivity index (χ0) is 23.4. The number of methoxy groups -OCH3 is 1. The number of rotatable bonds is 5. The number of anilines is 2. The van der Waals surface area contributed by atoms with Crippen LogP contribution in [0.4, 0.5) is 11.6 Å². The van der Waals surface area contributed by atoms with Crippen LogP contribution in [-0.4, -0.2) is 40.7 Å². The van der Waals surface area contributed by atoms with Gasteiger partial charge in [-0.2, -0.15) is 0 Å². The zero-order valence-corrected chi connectivity index (χ0v) is 19.8. The van der Waals surface area contributed by atoms with Gasteiger partial charge in [0.05, 0.1) is 29.7 Å². The van der Waals surface area contributed by atoms with Crippen LogP contribution in [0.3, 0.4) is 0 Å². The number of carbonyl (C=O) groups is 1.